The van der Waals surface area contributed by atoms with Crippen LogP contribution in [0.25, 0.3) is 0 Å². The average Bonchev–Trinajstić information content (AvgIpc) is 2.76. The normalized spacial score (nSPS) is 11.4. The van der Waals surface area contributed by atoms with E-state index in [1.165, 1.54) is 89.9 Å². The molecule has 0 spiro atoms. The number of rotatable bonds is 27. The Morgan fingerprint density at radius 2 is 0.733 bits per heavy atom. The van der Waals surface area contributed by atoms with Gasteiger partial charge < -0.3 is 0 Å². The van der Waals surface area contributed by atoms with E-state index in [2.05, 4.69) is 62.2 Å². The molecule has 30 heavy (non-hydrogen) atoms. The van der Waals surface area contributed by atoms with Crippen LogP contribution in [0.4, 0.5) is 0 Å². The van der Waals surface area contributed by atoms with Gasteiger partial charge in [-0.2, -0.15) is 0 Å². The molecule has 182 valence electrons. The Morgan fingerprint density at radius 3 is 1.13 bits per heavy atom. The van der Waals surface area contributed by atoms with Crippen LogP contribution in [0.5, 0.6) is 0 Å². The molecule has 0 aromatic carbocycles. The summed E-state index contributed by atoms with van der Waals surface area (Å²) in [6.45, 7) is 2.60. The van der Waals surface area contributed by atoms with Gasteiger partial charge in [0, 0.05) is 0 Å². The average molecular weight is 446 g/mol. The molecule has 0 unspecified atom stereocenters. The minimum Gasteiger partial charge on any atom is -0.219 e. The van der Waals surface area contributed by atoms with Crippen LogP contribution in [0.15, 0.2) is 0 Å². The first kappa shape index (κ1) is 29.5. The molecule has 0 aliphatic rings. The highest BCUT2D eigenvalue weighted by molar-refractivity contribution is 4.49. The summed E-state index contributed by atoms with van der Waals surface area (Å²) < 4.78 is 0. The van der Waals surface area contributed by atoms with Crippen molar-refractivity contribution in [2.75, 3.05) is 6.61 Å². The summed E-state index contributed by atoms with van der Waals surface area (Å²) in [5, 5.41) is 44.0. The summed E-state index contributed by atoms with van der Waals surface area (Å²) in [5.41, 5.74) is 0. The van der Waals surface area contributed by atoms with Crippen molar-refractivity contribution in [2.45, 2.75) is 110 Å². The molecule has 0 amide bonds. The van der Waals surface area contributed by atoms with Crippen LogP contribution in [-0.2, 0) is 55.3 Å². The Labute approximate surface area is 177 Å². The fraction of sp³-hybridized carbons (Fsp3) is 1.00. The van der Waals surface area contributed by atoms with E-state index in [0.717, 1.165) is 12.8 Å². The minimum atomic E-state index is 0.342. The smallest absolute Gasteiger partial charge is 0.0855 e. The Morgan fingerprint density at radius 1 is 0.400 bits per heavy atom. The Kier molecular flexibility index (Phi) is 28.1. The summed E-state index contributed by atoms with van der Waals surface area (Å²) >= 11 is 0. The molecule has 0 aromatic rings. The largest absolute Gasteiger partial charge is 0.219 e. The quantitative estimate of drug-likeness (QED) is 0.0897. The van der Waals surface area contributed by atoms with Gasteiger partial charge in [-0.15, -0.1) is 0 Å². The van der Waals surface area contributed by atoms with E-state index in [0.29, 0.717) is 6.61 Å². The summed E-state index contributed by atoms with van der Waals surface area (Å²) in [5.74, 6) is 0. The van der Waals surface area contributed by atoms with Crippen molar-refractivity contribution >= 4 is 0 Å². The highest BCUT2D eigenvalue weighted by Crippen LogP contribution is 2.13. The molecule has 0 saturated heterocycles. The van der Waals surface area contributed by atoms with Gasteiger partial charge in [0.1, 0.15) is 0 Å². The third-order valence-corrected chi connectivity index (χ3v) is 4.38. The van der Waals surface area contributed by atoms with Gasteiger partial charge in [0.25, 0.3) is 0 Å². The van der Waals surface area contributed by atoms with Gasteiger partial charge >= 0.3 is 0 Å². The summed E-state index contributed by atoms with van der Waals surface area (Å²) in [4.78, 5) is 4.67. The van der Waals surface area contributed by atoms with Gasteiger partial charge in [0.05, 0.1) is 6.61 Å². The standard InChI is InChI=1S/C18H38O12/c1-2-3-4-5-6-7-8-9-10-11-12-13-14-15-16-17-18-20-22-24-26-28-30-29-27-25-23-21-19/h19H,2-18H2,1H3. The maximum Gasteiger partial charge on any atom is 0.0855 e. The van der Waals surface area contributed by atoms with Gasteiger partial charge in [-0.05, 0) is 56.8 Å². The van der Waals surface area contributed by atoms with E-state index >= 15 is 0 Å². The first-order valence-electron chi connectivity index (χ1n) is 10.8. The van der Waals surface area contributed by atoms with Crippen LogP contribution in [0.3, 0.4) is 0 Å². The molecule has 0 saturated carbocycles. The molecule has 0 bridgehead atoms. The molecule has 0 aliphatic carbocycles. The Hall–Kier alpha value is -0.480. The zero-order chi connectivity index (χ0) is 21.8. The third kappa shape index (κ3) is 27.5. The number of unbranched alkanes of at least 4 members (excludes halogenated alkanes) is 15. The molecule has 12 nitrogen and oxygen atoms in total. The van der Waals surface area contributed by atoms with Crippen molar-refractivity contribution in [3.05, 3.63) is 0 Å². The molecule has 0 radical (unpaired) electrons. The van der Waals surface area contributed by atoms with E-state index in [-0.39, 0.29) is 0 Å². The molecular formula is C18H38O12. The zero-order valence-electron chi connectivity index (χ0n) is 18.0. The summed E-state index contributed by atoms with van der Waals surface area (Å²) in [6.07, 6.45) is 20.8. The monoisotopic (exact) mass is 446 g/mol. The fourth-order valence-corrected chi connectivity index (χ4v) is 2.85. The first-order chi connectivity index (χ1) is 14.9. The number of hydrogen-bond acceptors (Lipinski definition) is 12. The third-order valence-electron chi connectivity index (χ3n) is 4.38. The first-order valence-corrected chi connectivity index (χ1v) is 10.8. The van der Waals surface area contributed by atoms with Crippen molar-refractivity contribution in [3.8, 4) is 0 Å². The second kappa shape index (κ2) is 28.5. The zero-order valence-corrected chi connectivity index (χ0v) is 18.0. The van der Waals surface area contributed by atoms with Crippen LogP contribution in [0, 0.1) is 0 Å². The Balaban J connectivity index is 2.97. The predicted molar refractivity (Wildman–Crippen MR) is 99.0 cm³/mol. The second-order valence-electron chi connectivity index (χ2n) is 6.81. The van der Waals surface area contributed by atoms with Crippen LogP contribution in [-0.4, -0.2) is 11.9 Å². The summed E-state index contributed by atoms with van der Waals surface area (Å²) in [7, 11) is 0. The van der Waals surface area contributed by atoms with E-state index < -0.39 is 0 Å². The van der Waals surface area contributed by atoms with E-state index in [4.69, 9.17) is 5.26 Å². The highest BCUT2D eigenvalue weighted by Gasteiger charge is 1.98. The van der Waals surface area contributed by atoms with Gasteiger partial charge in [-0.3, -0.25) is 0 Å². The van der Waals surface area contributed by atoms with Gasteiger partial charge in [0.2, 0.25) is 0 Å². The van der Waals surface area contributed by atoms with E-state index in [1.54, 1.807) is 0 Å². The molecule has 0 atom stereocenters. The fourth-order valence-electron chi connectivity index (χ4n) is 2.85. The molecule has 12 heteroatoms. The van der Waals surface area contributed by atoms with Crippen molar-refractivity contribution in [1.82, 2.24) is 0 Å². The van der Waals surface area contributed by atoms with Crippen molar-refractivity contribution in [2.24, 2.45) is 0 Å². The lowest BCUT2D eigenvalue weighted by Crippen LogP contribution is -2.04. The van der Waals surface area contributed by atoms with Crippen LogP contribution in [0.2, 0.25) is 0 Å². The van der Waals surface area contributed by atoms with Gasteiger partial charge in [0.15, 0.2) is 0 Å². The molecular weight excluding hydrogens is 408 g/mol. The maximum absolute atomic E-state index is 7.62. The minimum absolute atomic E-state index is 0.342. The topological polar surface area (TPSA) is 122 Å². The van der Waals surface area contributed by atoms with Gasteiger partial charge in [-0.25, -0.2) is 10.1 Å². The molecule has 0 heterocycles. The molecule has 0 fully saturated rings. The van der Waals surface area contributed by atoms with Crippen LogP contribution in [0.1, 0.15) is 110 Å². The number of hydrogen-bond donors (Lipinski definition) is 1. The van der Waals surface area contributed by atoms with Gasteiger partial charge in [-0.1, -0.05) is 103 Å². The lowest BCUT2D eigenvalue weighted by molar-refractivity contribution is -0.862. The van der Waals surface area contributed by atoms with Crippen molar-refractivity contribution < 1.29 is 60.5 Å². The van der Waals surface area contributed by atoms with Crippen LogP contribution < -0.4 is 0 Å². The second-order valence-corrected chi connectivity index (χ2v) is 6.81. The van der Waals surface area contributed by atoms with Crippen LogP contribution >= 0.6 is 0 Å². The maximum atomic E-state index is 7.62. The van der Waals surface area contributed by atoms with E-state index in [1.807, 2.05) is 0 Å². The Bertz CT molecular complexity index is 270. The van der Waals surface area contributed by atoms with E-state index in [9.17, 15) is 0 Å². The molecule has 0 aromatic heterocycles. The highest BCUT2D eigenvalue weighted by atomic mass is 18.0. The summed E-state index contributed by atoms with van der Waals surface area (Å²) in [6, 6.07) is 0. The molecule has 1 N–H and O–H groups in total. The SMILES string of the molecule is CCCCCCCCCCCCCCCCCCOOOOOOOOOOOO. The molecule has 0 rings (SSSR count). The lowest BCUT2D eigenvalue weighted by atomic mass is 10.0. The molecule has 0 aliphatic heterocycles. The predicted octanol–water partition coefficient (Wildman–Crippen LogP) is 6.05. The lowest BCUT2D eigenvalue weighted by Gasteiger charge is -2.03. The van der Waals surface area contributed by atoms with Crippen molar-refractivity contribution in [3.63, 3.8) is 0 Å². The van der Waals surface area contributed by atoms with Crippen molar-refractivity contribution in [1.29, 1.82) is 0 Å².